The number of nitrogens with zero attached hydrogens (tertiary/aromatic N) is 1. The first-order valence-corrected chi connectivity index (χ1v) is 15.6. The lowest BCUT2D eigenvalue weighted by Crippen LogP contribution is -2.58. The molecule has 3 aliphatic rings. The Hall–Kier alpha value is -3.99. The Morgan fingerprint density at radius 3 is 2.52 bits per heavy atom. The van der Waals surface area contributed by atoms with Gasteiger partial charge in [-0.15, -0.1) is 0 Å². The van der Waals surface area contributed by atoms with E-state index in [1.807, 2.05) is 24.3 Å². The highest BCUT2D eigenvalue weighted by atomic mass is 19.1. The van der Waals surface area contributed by atoms with Crippen LogP contribution < -0.4 is 20.7 Å². The van der Waals surface area contributed by atoms with Crippen LogP contribution in [0.1, 0.15) is 56.1 Å². The Morgan fingerprint density at radius 2 is 1.77 bits per heavy atom. The Labute approximate surface area is 257 Å². The van der Waals surface area contributed by atoms with E-state index >= 15 is 0 Å². The van der Waals surface area contributed by atoms with Crippen molar-refractivity contribution in [3.05, 3.63) is 65.5 Å². The molecule has 3 N–H and O–H groups in total. The SMILES string of the molecule is O=C(NC1CCCC1)[C@@H]1COCCOc2cccc(c2)C[C@H](N2CCCC2=O)C(=O)N[C@@H](CCc2ccc(F)cc2)C(=O)N1. The fourth-order valence-corrected chi connectivity index (χ4v) is 6.07. The van der Waals surface area contributed by atoms with Gasteiger partial charge in [0.1, 0.15) is 36.3 Å². The van der Waals surface area contributed by atoms with Crippen LogP contribution in [-0.4, -0.2) is 79.1 Å². The van der Waals surface area contributed by atoms with Crippen LogP contribution in [-0.2, 0) is 36.8 Å². The highest BCUT2D eigenvalue weighted by Crippen LogP contribution is 2.21. The summed E-state index contributed by atoms with van der Waals surface area (Å²) in [5.74, 6) is -1.21. The summed E-state index contributed by atoms with van der Waals surface area (Å²) in [4.78, 5) is 55.4. The quantitative estimate of drug-likeness (QED) is 0.463. The van der Waals surface area contributed by atoms with Gasteiger partial charge in [0, 0.05) is 25.4 Å². The Morgan fingerprint density at radius 1 is 0.977 bits per heavy atom. The molecule has 3 atom stereocenters. The number of aryl methyl sites for hydroxylation is 1. The van der Waals surface area contributed by atoms with E-state index in [1.165, 1.54) is 12.1 Å². The van der Waals surface area contributed by atoms with E-state index in [2.05, 4.69) is 16.0 Å². The van der Waals surface area contributed by atoms with Crippen LogP contribution in [0.25, 0.3) is 0 Å². The molecule has 0 aromatic heterocycles. The topological polar surface area (TPSA) is 126 Å². The molecule has 2 aromatic rings. The van der Waals surface area contributed by atoms with Crippen LogP contribution in [0.3, 0.4) is 0 Å². The van der Waals surface area contributed by atoms with E-state index in [1.54, 1.807) is 17.0 Å². The van der Waals surface area contributed by atoms with E-state index in [0.29, 0.717) is 31.6 Å². The lowest BCUT2D eigenvalue weighted by atomic mass is 10.0. The van der Waals surface area contributed by atoms with E-state index in [0.717, 1.165) is 36.8 Å². The maximum Gasteiger partial charge on any atom is 0.245 e. The van der Waals surface area contributed by atoms with Gasteiger partial charge in [-0.2, -0.15) is 0 Å². The number of rotatable bonds is 6. The molecular weight excluding hydrogens is 567 g/mol. The second kappa shape index (κ2) is 15.1. The summed E-state index contributed by atoms with van der Waals surface area (Å²) < 4.78 is 25.2. The van der Waals surface area contributed by atoms with Gasteiger partial charge in [0.05, 0.1) is 13.2 Å². The standard InChI is InChI=1S/C33H41FN4O6/c34-24-13-10-22(11-14-24)12-15-27-31(40)37-28(32(41)35-25-6-1-2-7-25)21-43-17-18-44-26-8-3-5-23(19-26)20-29(33(42)36-27)38-16-4-9-30(38)39/h3,5,8,10-11,13-14,19,25,27-29H,1-2,4,6-7,9,12,15-18,20-21H2,(H,35,41)(H,36,42)(H,37,40)/t27-,28-,29-/m0/s1. The predicted molar refractivity (Wildman–Crippen MR) is 160 cm³/mol. The van der Waals surface area contributed by atoms with Gasteiger partial charge in [-0.1, -0.05) is 37.1 Å². The fourth-order valence-electron chi connectivity index (χ4n) is 6.07. The average Bonchev–Trinajstić information content (AvgIpc) is 3.69. The first-order valence-electron chi connectivity index (χ1n) is 15.6. The Bertz CT molecular complexity index is 1320. The van der Waals surface area contributed by atoms with Gasteiger partial charge in [0.2, 0.25) is 23.6 Å². The lowest BCUT2D eigenvalue weighted by molar-refractivity contribution is -0.139. The summed E-state index contributed by atoms with van der Waals surface area (Å²) in [6.07, 6.45) is 5.66. The van der Waals surface area contributed by atoms with Gasteiger partial charge in [-0.25, -0.2) is 4.39 Å². The van der Waals surface area contributed by atoms with Crippen LogP contribution in [0.4, 0.5) is 4.39 Å². The second-order valence-electron chi connectivity index (χ2n) is 11.8. The van der Waals surface area contributed by atoms with Crippen molar-refractivity contribution in [2.75, 3.05) is 26.4 Å². The predicted octanol–water partition coefficient (Wildman–Crippen LogP) is 2.43. The van der Waals surface area contributed by atoms with Gasteiger partial charge in [0.25, 0.3) is 0 Å². The zero-order chi connectivity index (χ0) is 30.9. The van der Waals surface area contributed by atoms with E-state index in [4.69, 9.17) is 9.47 Å². The number of halogens is 1. The highest BCUT2D eigenvalue weighted by Gasteiger charge is 2.36. The summed E-state index contributed by atoms with van der Waals surface area (Å²) in [5, 5.41) is 8.74. The number of hydrogen-bond acceptors (Lipinski definition) is 6. The molecule has 2 fully saturated rings. The third kappa shape index (κ3) is 8.56. The van der Waals surface area contributed by atoms with Crippen molar-refractivity contribution in [3.8, 4) is 5.75 Å². The highest BCUT2D eigenvalue weighted by molar-refractivity contribution is 5.94. The van der Waals surface area contributed by atoms with E-state index < -0.39 is 29.9 Å². The molecule has 0 spiro atoms. The normalized spacial score (nSPS) is 24.0. The van der Waals surface area contributed by atoms with Crippen molar-refractivity contribution < 1.29 is 33.0 Å². The average molecular weight is 609 g/mol. The summed E-state index contributed by atoms with van der Waals surface area (Å²) in [7, 11) is 0. The molecule has 2 aliphatic heterocycles. The molecule has 1 saturated heterocycles. The van der Waals surface area contributed by atoms with Crippen molar-refractivity contribution in [1.82, 2.24) is 20.9 Å². The number of benzene rings is 2. The van der Waals surface area contributed by atoms with Gasteiger partial charge in [-0.3, -0.25) is 19.2 Å². The number of amides is 4. The van der Waals surface area contributed by atoms with Gasteiger partial charge in [-0.05, 0) is 67.5 Å². The van der Waals surface area contributed by atoms with Crippen molar-refractivity contribution >= 4 is 23.6 Å². The number of carbonyl (C=O) groups is 4. The Kier molecular flexibility index (Phi) is 10.8. The molecule has 236 valence electrons. The minimum absolute atomic E-state index is 0.0445. The molecule has 10 nitrogen and oxygen atoms in total. The largest absolute Gasteiger partial charge is 0.491 e. The van der Waals surface area contributed by atoms with E-state index in [-0.39, 0.29) is 56.3 Å². The maximum absolute atomic E-state index is 13.9. The van der Waals surface area contributed by atoms with Crippen molar-refractivity contribution in [2.24, 2.45) is 0 Å². The van der Waals surface area contributed by atoms with Crippen LogP contribution in [0, 0.1) is 5.82 Å². The van der Waals surface area contributed by atoms with Crippen LogP contribution in [0.15, 0.2) is 48.5 Å². The molecule has 44 heavy (non-hydrogen) atoms. The Balaban J connectivity index is 1.41. The number of fused-ring (bicyclic) bond motifs is 2. The molecule has 2 heterocycles. The lowest BCUT2D eigenvalue weighted by Gasteiger charge is -2.30. The number of carbonyl (C=O) groups excluding carboxylic acids is 4. The van der Waals surface area contributed by atoms with Crippen LogP contribution in [0.2, 0.25) is 0 Å². The summed E-state index contributed by atoms with van der Waals surface area (Å²) in [6.45, 7) is 0.795. The molecule has 5 rings (SSSR count). The van der Waals surface area contributed by atoms with Crippen molar-refractivity contribution in [1.29, 1.82) is 0 Å². The number of hydrogen-bond donors (Lipinski definition) is 3. The minimum Gasteiger partial charge on any atom is -0.491 e. The minimum atomic E-state index is -1.02. The van der Waals surface area contributed by atoms with Gasteiger partial charge >= 0.3 is 0 Å². The number of ether oxygens (including phenoxy) is 2. The molecule has 4 amide bonds. The monoisotopic (exact) mass is 608 g/mol. The van der Waals surface area contributed by atoms with Crippen LogP contribution >= 0.6 is 0 Å². The first kappa shape index (κ1) is 31.4. The molecule has 0 unspecified atom stereocenters. The third-order valence-corrected chi connectivity index (χ3v) is 8.50. The molecule has 1 saturated carbocycles. The molecule has 2 aromatic carbocycles. The molecule has 0 radical (unpaired) electrons. The number of nitrogens with one attached hydrogen (secondary N) is 3. The summed E-state index contributed by atoms with van der Waals surface area (Å²) >= 11 is 0. The summed E-state index contributed by atoms with van der Waals surface area (Å²) in [5.41, 5.74) is 1.61. The zero-order valence-electron chi connectivity index (χ0n) is 24.9. The molecule has 2 bridgehead atoms. The van der Waals surface area contributed by atoms with Gasteiger partial charge < -0.3 is 30.3 Å². The second-order valence-corrected chi connectivity index (χ2v) is 11.8. The third-order valence-electron chi connectivity index (χ3n) is 8.50. The number of likely N-dealkylation sites (tertiary alicyclic amines) is 1. The molecule has 11 heteroatoms. The van der Waals surface area contributed by atoms with Gasteiger partial charge in [0.15, 0.2) is 0 Å². The van der Waals surface area contributed by atoms with Crippen molar-refractivity contribution in [2.45, 2.75) is 82.0 Å². The first-order chi connectivity index (χ1) is 21.4. The van der Waals surface area contributed by atoms with Crippen molar-refractivity contribution in [3.63, 3.8) is 0 Å². The molecular formula is C33H41FN4O6. The fraction of sp³-hybridized carbons (Fsp3) is 0.515. The maximum atomic E-state index is 13.9. The van der Waals surface area contributed by atoms with Crippen LogP contribution in [0.5, 0.6) is 5.75 Å². The molecule has 1 aliphatic carbocycles. The smallest absolute Gasteiger partial charge is 0.245 e. The zero-order valence-corrected chi connectivity index (χ0v) is 24.9. The summed E-state index contributed by atoms with van der Waals surface area (Å²) in [6, 6.07) is 10.5. The van der Waals surface area contributed by atoms with E-state index in [9.17, 15) is 23.6 Å².